The molecule has 1 aromatic rings. The van der Waals surface area contributed by atoms with Crippen LogP contribution in [0.25, 0.3) is 0 Å². The Morgan fingerprint density at radius 1 is 1.41 bits per heavy atom. The molecule has 0 heterocycles. The number of hydrogen-bond acceptors (Lipinski definition) is 5. The smallest absolute Gasteiger partial charge is 0.326 e. The van der Waals surface area contributed by atoms with Crippen LogP contribution in [-0.2, 0) is 14.3 Å². The maximum Gasteiger partial charge on any atom is 0.326 e. The molecular formula is C15H18N2O5. The van der Waals surface area contributed by atoms with Gasteiger partial charge in [0.25, 0.3) is 5.91 Å². The van der Waals surface area contributed by atoms with E-state index in [-0.39, 0.29) is 18.8 Å². The van der Waals surface area contributed by atoms with Gasteiger partial charge in [0, 0.05) is 20.1 Å². The second-order valence-electron chi connectivity index (χ2n) is 4.55. The average molecular weight is 306 g/mol. The number of carboxylic acid groups (broad SMARTS) is 1. The molecule has 0 aliphatic heterocycles. The third-order valence-electron chi connectivity index (χ3n) is 2.91. The van der Waals surface area contributed by atoms with Gasteiger partial charge in [-0.05, 0) is 19.1 Å². The van der Waals surface area contributed by atoms with Crippen molar-refractivity contribution >= 4 is 11.9 Å². The first-order chi connectivity index (χ1) is 10.5. The van der Waals surface area contributed by atoms with Gasteiger partial charge in [0.05, 0.1) is 5.56 Å². The van der Waals surface area contributed by atoms with Crippen LogP contribution in [0.5, 0.6) is 5.75 Å². The SMILES string of the molecule is COCCC(NC(=O)C(C)Oc1ccccc1C#N)C(=O)O. The summed E-state index contributed by atoms with van der Waals surface area (Å²) in [6.45, 7) is 1.70. The van der Waals surface area contributed by atoms with Crippen LogP contribution >= 0.6 is 0 Å². The summed E-state index contributed by atoms with van der Waals surface area (Å²) in [5, 5.41) is 20.4. The van der Waals surface area contributed by atoms with Gasteiger partial charge in [0.2, 0.25) is 0 Å². The van der Waals surface area contributed by atoms with E-state index in [1.165, 1.54) is 14.0 Å². The van der Waals surface area contributed by atoms with Crippen molar-refractivity contribution in [3.63, 3.8) is 0 Å². The second-order valence-corrected chi connectivity index (χ2v) is 4.55. The first-order valence-electron chi connectivity index (χ1n) is 6.67. The van der Waals surface area contributed by atoms with Crippen molar-refractivity contribution in [2.45, 2.75) is 25.5 Å². The van der Waals surface area contributed by atoms with Crippen molar-refractivity contribution in [1.29, 1.82) is 5.26 Å². The maximum absolute atomic E-state index is 12.0. The summed E-state index contributed by atoms with van der Waals surface area (Å²) in [7, 11) is 1.45. The molecule has 118 valence electrons. The molecule has 1 aromatic carbocycles. The summed E-state index contributed by atoms with van der Waals surface area (Å²) in [4.78, 5) is 23.1. The molecule has 0 radical (unpaired) electrons. The van der Waals surface area contributed by atoms with E-state index in [1.807, 2.05) is 6.07 Å². The molecule has 0 aliphatic carbocycles. The molecule has 1 rings (SSSR count). The highest BCUT2D eigenvalue weighted by Gasteiger charge is 2.24. The predicted molar refractivity (Wildman–Crippen MR) is 77.3 cm³/mol. The molecule has 7 nitrogen and oxygen atoms in total. The third-order valence-corrected chi connectivity index (χ3v) is 2.91. The van der Waals surface area contributed by atoms with E-state index in [9.17, 15) is 9.59 Å². The number of carboxylic acids is 1. The van der Waals surface area contributed by atoms with Crippen LogP contribution in [0.2, 0.25) is 0 Å². The zero-order chi connectivity index (χ0) is 16.5. The standard InChI is InChI=1S/C15H18N2O5/c1-10(22-13-6-4-3-5-11(13)9-16)14(18)17-12(15(19)20)7-8-21-2/h3-6,10,12H,7-8H2,1-2H3,(H,17,18)(H,19,20). The summed E-state index contributed by atoms with van der Waals surface area (Å²) >= 11 is 0. The highest BCUT2D eigenvalue weighted by molar-refractivity contribution is 5.86. The number of benzene rings is 1. The van der Waals surface area contributed by atoms with Crippen molar-refractivity contribution in [2.24, 2.45) is 0 Å². The molecule has 1 amide bonds. The van der Waals surface area contributed by atoms with E-state index in [4.69, 9.17) is 19.8 Å². The Labute approximate surface area is 128 Å². The number of carbonyl (C=O) groups is 2. The number of aliphatic carboxylic acids is 1. The topological polar surface area (TPSA) is 109 Å². The van der Waals surface area contributed by atoms with Crippen LogP contribution in [0.1, 0.15) is 18.9 Å². The van der Waals surface area contributed by atoms with E-state index >= 15 is 0 Å². The second kappa shape index (κ2) is 8.64. The average Bonchev–Trinajstić information content (AvgIpc) is 2.51. The fourth-order valence-electron chi connectivity index (χ4n) is 1.69. The van der Waals surface area contributed by atoms with E-state index in [1.54, 1.807) is 24.3 Å². The molecule has 2 N–H and O–H groups in total. The summed E-state index contributed by atoms with van der Waals surface area (Å²) < 4.78 is 10.2. The normalized spacial score (nSPS) is 12.8. The Hall–Kier alpha value is -2.59. The van der Waals surface area contributed by atoms with Gasteiger partial charge in [0.15, 0.2) is 6.10 Å². The predicted octanol–water partition coefficient (Wildman–Crippen LogP) is 0.931. The van der Waals surface area contributed by atoms with Crippen molar-refractivity contribution in [1.82, 2.24) is 5.32 Å². The first-order valence-corrected chi connectivity index (χ1v) is 6.67. The number of para-hydroxylation sites is 1. The van der Waals surface area contributed by atoms with Gasteiger partial charge in [-0.3, -0.25) is 4.79 Å². The largest absolute Gasteiger partial charge is 0.480 e. The number of nitrogens with one attached hydrogen (secondary N) is 1. The third kappa shape index (κ3) is 5.07. The molecule has 0 saturated heterocycles. The fraction of sp³-hybridized carbons (Fsp3) is 0.400. The lowest BCUT2D eigenvalue weighted by atomic mass is 10.2. The first kappa shape index (κ1) is 17.5. The Balaban J connectivity index is 2.68. The Bertz CT molecular complexity index is 567. The molecule has 2 atom stereocenters. The molecule has 0 aromatic heterocycles. The van der Waals surface area contributed by atoms with Gasteiger partial charge in [-0.25, -0.2) is 4.79 Å². The van der Waals surface area contributed by atoms with Crippen molar-refractivity contribution in [3.8, 4) is 11.8 Å². The molecule has 0 fully saturated rings. The number of carbonyl (C=O) groups excluding carboxylic acids is 1. The minimum absolute atomic E-state index is 0.152. The molecule has 2 unspecified atom stereocenters. The lowest BCUT2D eigenvalue weighted by Crippen LogP contribution is -2.46. The molecule has 0 spiro atoms. The summed E-state index contributed by atoms with van der Waals surface area (Å²) in [5.41, 5.74) is 0.302. The quantitative estimate of drug-likeness (QED) is 0.739. The van der Waals surface area contributed by atoms with Gasteiger partial charge in [0.1, 0.15) is 17.9 Å². The van der Waals surface area contributed by atoms with Crippen LogP contribution in [0, 0.1) is 11.3 Å². The van der Waals surface area contributed by atoms with Crippen LogP contribution in [0.3, 0.4) is 0 Å². The van der Waals surface area contributed by atoms with Gasteiger partial charge in [-0.15, -0.1) is 0 Å². The summed E-state index contributed by atoms with van der Waals surface area (Å²) in [5.74, 6) is -1.44. The highest BCUT2D eigenvalue weighted by atomic mass is 16.5. The Morgan fingerprint density at radius 2 is 2.09 bits per heavy atom. The van der Waals surface area contributed by atoms with Gasteiger partial charge in [-0.2, -0.15) is 5.26 Å². The lowest BCUT2D eigenvalue weighted by Gasteiger charge is -2.19. The van der Waals surface area contributed by atoms with E-state index < -0.39 is 24.0 Å². The van der Waals surface area contributed by atoms with Crippen molar-refractivity contribution < 1.29 is 24.2 Å². The number of ether oxygens (including phenoxy) is 2. The molecule has 0 saturated carbocycles. The molecule has 7 heteroatoms. The summed E-state index contributed by atoms with van der Waals surface area (Å²) in [6.07, 6.45) is -0.780. The molecule has 0 bridgehead atoms. The minimum atomic E-state index is -1.14. The van der Waals surface area contributed by atoms with Crippen molar-refractivity contribution in [2.75, 3.05) is 13.7 Å². The van der Waals surface area contributed by atoms with Crippen molar-refractivity contribution in [3.05, 3.63) is 29.8 Å². The van der Waals surface area contributed by atoms with Gasteiger partial charge < -0.3 is 19.9 Å². The summed E-state index contributed by atoms with van der Waals surface area (Å²) in [6, 6.07) is 7.41. The highest BCUT2D eigenvalue weighted by Crippen LogP contribution is 2.18. The van der Waals surface area contributed by atoms with E-state index in [0.717, 1.165) is 0 Å². The van der Waals surface area contributed by atoms with Crippen LogP contribution in [-0.4, -0.2) is 42.8 Å². The van der Waals surface area contributed by atoms with E-state index in [0.29, 0.717) is 5.56 Å². The maximum atomic E-state index is 12.0. The zero-order valence-corrected chi connectivity index (χ0v) is 12.4. The molecular weight excluding hydrogens is 288 g/mol. The number of amides is 1. The lowest BCUT2D eigenvalue weighted by molar-refractivity contribution is -0.143. The van der Waals surface area contributed by atoms with Crippen LogP contribution in [0.15, 0.2) is 24.3 Å². The number of rotatable bonds is 8. The molecule has 0 aliphatic rings. The number of methoxy groups -OCH3 is 1. The van der Waals surface area contributed by atoms with Crippen LogP contribution < -0.4 is 10.1 Å². The number of nitrogens with zero attached hydrogens (tertiary/aromatic N) is 1. The number of hydrogen-bond donors (Lipinski definition) is 2. The van der Waals surface area contributed by atoms with Gasteiger partial charge >= 0.3 is 5.97 Å². The van der Waals surface area contributed by atoms with E-state index in [2.05, 4.69) is 5.32 Å². The minimum Gasteiger partial charge on any atom is -0.480 e. The Kier molecular flexibility index (Phi) is 6.86. The zero-order valence-electron chi connectivity index (χ0n) is 12.4. The van der Waals surface area contributed by atoms with Crippen LogP contribution in [0.4, 0.5) is 0 Å². The Morgan fingerprint density at radius 3 is 2.68 bits per heavy atom. The van der Waals surface area contributed by atoms with Gasteiger partial charge in [-0.1, -0.05) is 12.1 Å². The molecule has 22 heavy (non-hydrogen) atoms. The fourth-order valence-corrected chi connectivity index (χ4v) is 1.69. The monoisotopic (exact) mass is 306 g/mol. The number of nitriles is 1.